The van der Waals surface area contributed by atoms with Crippen LogP contribution in [0.3, 0.4) is 0 Å². The zero-order valence-electron chi connectivity index (χ0n) is 14.2. The Morgan fingerprint density at radius 3 is 2.65 bits per heavy atom. The standard InChI is InChI=1S/C19H20FN3O3/c20-14-8-6-13(7-9-14)19-12-17(23-26-19)15(21)4-2-1-3-5-18(24)16-10-11-25-22-16/h6-12,15H,1-5,21H2. The van der Waals surface area contributed by atoms with Crippen LogP contribution >= 0.6 is 0 Å². The molecule has 1 unspecified atom stereocenters. The molecule has 1 aromatic carbocycles. The molecule has 2 aromatic heterocycles. The second kappa shape index (κ2) is 8.53. The zero-order valence-corrected chi connectivity index (χ0v) is 14.2. The number of ketones is 1. The number of hydrogen-bond acceptors (Lipinski definition) is 6. The first-order valence-corrected chi connectivity index (χ1v) is 8.55. The molecular formula is C19H20FN3O3. The fraction of sp³-hybridized carbons (Fsp3) is 0.316. The summed E-state index contributed by atoms with van der Waals surface area (Å²) < 4.78 is 22.9. The minimum absolute atomic E-state index is 0.0107. The second-order valence-electron chi connectivity index (χ2n) is 6.14. The van der Waals surface area contributed by atoms with Crippen LogP contribution in [0.4, 0.5) is 4.39 Å². The predicted octanol–water partition coefficient (Wildman–Crippen LogP) is 4.30. The third-order valence-corrected chi connectivity index (χ3v) is 4.18. The first-order chi connectivity index (χ1) is 12.6. The first-order valence-electron chi connectivity index (χ1n) is 8.55. The largest absolute Gasteiger partial charge is 0.364 e. The topological polar surface area (TPSA) is 95.2 Å². The molecule has 0 aliphatic heterocycles. The van der Waals surface area contributed by atoms with Crippen LogP contribution in [-0.2, 0) is 0 Å². The number of hydrogen-bond donors (Lipinski definition) is 1. The lowest BCUT2D eigenvalue weighted by molar-refractivity contribution is 0.0970. The summed E-state index contributed by atoms with van der Waals surface area (Å²) in [5.74, 6) is 0.254. The van der Waals surface area contributed by atoms with Crippen LogP contribution in [0.25, 0.3) is 11.3 Å². The number of carbonyl (C=O) groups excluding carboxylic acids is 1. The van der Waals surface area contributed by atoms with Crippen molar-refractivity contribution in [2.45, 2.75) is 38.1 Å². The van der Waals surface area contributed by atoms with E-state index in [1.165, 1.54) is 18.4 Å². The Labute approximate surface area is 150 Å². The van der Waals surface area contributed by atoms with Crippen molar-refractivity contribution in [1.29, 1.82) is 0 Å². The normalized spacial score (nSPS) is 12.2. The van der Waals surface area contributed by atoms with Crippen LogP contribution in [0.15, 0.2) is 51.7 Å². The molecule has 2 N–H and O–H groups in total. The number of nitrogens with zero attached hydrogens (tertiary/aromatic N) is 2. The molecule has 0 aliphatic carbocycles. The number of aromatic nitrogens is 2. The van der Waals surface area contributed by atoms with E-state index in [1.54, 1.807) is 24.3 Å². The maximum absolute atomic E-state index is 13.0. The highest BCUT2D eigenvalue weighted by molar-refractivity contribution is 5.93. The van der Waals surface area contributed by atoms with Gasteiger partial charge in [-0.2, -0.15) is 0 Å². The van der Waals surface area contributed by atoms with E-state index in [1.807, 2.05) is 0 Å². The highest BCUT2D eigenvalue weighted by atomic mass is 19.1. The van der Waals surface area contributed by atoms with Gasteiger partial charge in [-0.1, -0.05) is 23.2 Å². The molecule has 0 spiro atoms. The van der Waals surface area contributed by atoms with Crippen LogP contribution in [0.1, 0.15) is 54.3 Å². The Morgan fingerprint density at radius 2 is 1.92 bits per heavy atom. The van der Waals surface area contributed by atoms with Crippen LogP contribution in [-0.4, -0.2) is 16.1 Å². The van der Waals surface area contributed by atoms with E-state index in [9.17, 15) is 9.18 Å². The van der Waals surface area contributed by atoms with Crippen LogP contribution < -0.4 is 5.73 Å². The highest BCUT2D eigenvalue weighted by Gasteiger charge is 2.14. The van der Waals surface area contributed by atoms with Gasteiger partial charge in [-0.15, -0.1) is 0 Å². The van der Waals surface area contributed by atoms with Crippen molar-refractivity contribution in [2.75, 3.05) is 0 Å². The zero-order chi connectivity index (χ0) is 18.4. The molecule has 0 fully saturated rings. The van der Waals surface area contributed by atoms with Crippen LogP contribution in [0.2, 0.25) is 0 Å². The highest BCUT2D eigenvalue weighted by Crippen LogP contribution is 2.24. The Morgan fingerprint density at radius 1 is 1.12 bits per heavy atom. The molecule has 26 heavy (non-hydrogen) atoms. The van der Waals surface area contributed by atoms with E-state index >= 15 is 0 Å². The lowest BCUT2D eigenvalue weighted by Crippen LogP contribution is -2.10. The van der Waals surface area contributed by atoms with Crippen molar-refractivity contribution in [3.63, 3.8) is 0 Å². The maximum atomic E-state index is 13.0. The number of rotatable bonds is 9. The Bertz CT molecular complexity index is 828. The molecule has 136 valence electrons. The number of carbonyl (C=O) groups is 1. The van der Waals surface area contributed by atoms with Crippen molar-refractivity contribution in [3.8, 4) is 11.3 Å². The summed E-state index contributed by atoms with van der Waals surface area (Å²) >= 11 is 0. The lowest BCUT2D eigenvalue weighted by Gasteiger charge is -2.07. The van der Waals surface area contributed by atoms with Gasteiger partial charge in [0.1, 0.15) is 23.5 Å². The Balaban J connectivity index is 1.42. The molecule has 0 radical (unpaired) electrons. The summed E-state index contributed by atoms with van der Waals surface area (Å²) in [6.07, 6.45) is 5.13. The Hall–Kier alpha value is -2.80. The summed E-state index contributed by atoms with van der Waals surface area (Å²) in [5, 5.41) is 7.64. The van der Waals surface area contributed by atoms with E-state index in [0.717, 1.165) is 31.2 Å². The monoisotopic (exact) mass is 357 g/mol. The molecule has 7 heteroatoms. The van der Waals surface area contributed by atoms with Crippen molar-refractivity contribution >= 4 is 5.78 Å². The predicted molar refractivity (Wildman–Crippen MR) is 92.7 cm³/mol. The minimum Gasteiger partial charge on any atom is -0.364 e. The molecule has 0 bridgehead atoms. The van der Waals surface area contributed by atoms with Crippen molar-refractivity contribution in [1.82, 2.24) is 10.3 Å². The fourth-order valence-corrected chi connectivity index (χ4v) is 2.67. The van der Waals surface area contributed by atoms with Gasteiger partial charge in [0.15, 0.2) is 11.5 Å². The number of benzene rings is 1. The maximum Gasteiger partial charge on any atom is 0.184 e. The summed E-state index contributed by atoms with van der Waals surface area (Å²) in [5.41, 5.74) is 7.95. The molecule has 0 saturated carbocycles. The molecule has 0 aliphatic rings. The summed E-state index contributed by atoms with van der Waals surface area (Å²) in [7, 11) is 0. The molecule has 0 amide bonds. The van der Waals surface area contributed by atoms with Gasteiger partial charge in [0.2, 0.25) is 0 Å². The third kappa shape index (κ3) is 4.64. The van der Waals surface area contributed by atoms with Gasteiger partial charge >= 0.3 is 0 Å². The van der Waals surface area contributed by atoms with Crippen molar-refractivity contribution in [2.24, 2.45) is 5.73 Å². The van der Waals surface area contributed by atoms with Gasteiger partial charge in [0.25, 0.3) is 0 Å². The molecule has 1 atom stereocenters. The third-order valence-electron chi connectivity index (χ3n) is 4.18. The first kappa shape index (κ1) is 18.0. The van der Waals surface area contributed by atoms with Gasteiger partial charge in [-0.05, 0) is 37.1 Å². The molecule has 0 saturated heterocycles. The van der Waals surface area contributed by atoms with Crippen molar-refractivity contribution < 1.29 is 18.2 Å². The minimum atomic E-state index is -0.299. The number of unbranched alkanes of at least 4 members (excludes halogenated alkanes) is 2. The molecule has 6 nitrogen and oxygen atoms in total. The lowest BCUT2D eigenvalue weighted by atomic mass is 10.0. The van der Waals surface area contributed by atoms with Gasteiger partial charge in [-0.25, -0.2) is 4.39 Å². The number of Topliss-reactive ketones (excluding diaryl/α,β-unsaturated/α-hetero) is 1. The summed E-state index contributed by atoms with van der Waals surface area (Å²) in [4.78, 5) is 11.8. The van der Waals surface area contributed by atoms with E-state index in [0.29, 0.717) is 23.6 Å². The average Bonchev–Trinajstić information content (AvgIpc) is 3.34. The smallest absolute Gasteiger partial charge is 0.184 e. The summed E-state index contributed by atoms with van der Waals surface area (Å²) in [6, 6.07) is 9.14. The number of nitrogens with two attached hydrogens (primary N) is 1. The fourth-order valence-electron chi connectivity index (χ4n) is 2.67. The van der Waals surface area contributed by atoms with Gasteiger partial charge in [-0.3, -0.25) is 4.79 Å². The summed E-state index contributed by atoms with van der Waals surface area (Å²) in [6.45, 7) is 0. The molecule has 3 aromatic rings. The van der Waals surface area contributed by atoms with E-state index < -0.39 is 0 Å². The molecule has 3 rings (SSSR count). The molecule has 2 heterocycles. The van der Waals surface area contributed by atoms with Gasteiger partial charge < -0.3 is 14.8 Å². The second-order valence-corrected chi connectivity index (χ2v) is 6.14. The van der Waals surface area contributed by atoms with E-state index in [-0.39, 0.29) is 17.6 Å². The van der Waals surface area contributed by atoms with E-state index in [4.69, 9.17) is 10.3 Å². The van der Waals surface area contributed by atoms with Crippen molar-refractivity contribution in [3.05, 3.63) is 59.9 Å². The average molecular weight is 357 g/mol. The van der Waals surface area contributed by atoms with E-state index in [2.05, 4.69) is 14.8 Å². The quantitative estimate of drug-likeness (QED) is 0.453. The van der Waals surface area contributed by atoms with Gasteiger partial charge in [0, 0.05) is 24.1 Å². The number of halogens is 1. The Kier molecular flexibility index (Phi) is 5.91. The van der Waals surface area contributed by atoms with Gasteiger partial charge in [0.05, 0.1) is 6.04 Å². The van der Waals surface area contributed by atoms with Crippen LogP contribution in [0.5, 0.6) is 0 Å². The molecular weight excluding hydrogens is 337 g/mol. The SMILES string of the molecule is NC(CCCCCC(=O)c1ccon1)c1cc(-c2ccc(F)cc2)on1. The van der Waals surface area contributed by atoms with Crippen LogP contribution in [0, 0.1) is 5.82 Å².